The zero-order valence-corrected chi connectivity index (χ0v) is 13.9. The Morgan fingerprint density at radius 2 is 2.12 bits per heavy atom. The number of nitrogens with zero attached hydrogens (tertiary/aromatic N) is 4. The van der Waals surface area contributed by atoms with Crippen LogP contribution >= 0.6 is 11.3 Å². The second-order valence-electron chi connectivity index (χ2n) is 5.16. The Morgan fingerprint density at radius 1 is 1.32 bits per heavy atom. The summed E-state index contributed by atoms with van der Waals surface area (Å²) in [6.45, 7) is 1.70. The molecule has 9 nitrogen and oxygen atoms in total. The third-order valence-electron chi connectivity index (χ3n) is 3.50. The molecule has 0 atom stereocenters. The van der Waals surface area contributed by atoms with Crippen molar-refractivity contribution >= 4 is 39.0 Å². The van der Waals surface area contributed by atoms with Crippen LogP contribution in [0.4, 0.5) is 10.8 Å². The first-order valence-electron chi connectivity index (χ1n) is 7.38. The number of nitro benzene ring substituents is 1. The summed E-state index contributed by atoms with van der Waals surface area (Å²) < 4.78 is 1.26. The maximum Gasteiger partial charge on any atom is 0.270 e. The summed E-state index contributed by atoms with van der Waals surface area (Å²) in [6, 6.07) is 6.90. The van der Waals surface area contributed by atoms with Gasteiger partial charge < -0.3 is 0 Å². The molecule has 1 amide bonds. The van der Waals surface area contributed by atoms with Gasteiger partial charge in [0, 0.05) is 23.6 Å². The van der Waals surface area contributed by atoms with Crippen LogP contribution in [0.15, 0.2) is 35.1 Å². The number of fused-ring (bicyclic) bond motifs is 1. The molecule has 0 bridgehead atoms. The highest BCUT2D eigenvalue weighted by Gasteiger charge is 2.13. The molecule has 0 aliphatic carbocycles. The van der Waals surface area contributed by atoms with Crippen LogP contribution in [0.5, 0.6) is 0 Å². The number of carbonyl (C=O) groups excluding carboxylic acids is 1. The van der Waals surface area contributed by atoms with Gasteiger partial charge in [0.1, 0.15) is 11.6 Å². The number of anilines is 1. The third-order valence-corrected chi connectivity index (χ3v) is 4.48. The zero-order chi connectivity index (χ0) is 18.0. The molecule has 0 saturated carbocycles. The number of hydrogen-bond acceptors (Lipinski definition) is 7. The van der Waals surface area contributed by atoms with Crippen LogP contribution in [0.1, 0.15) is 11.9 Å². The summed E-state index contributed by atoms with van der Waals surface area (Å²) in [5, 5.41) is 22.9. The van der Waals surface area contributed by atoms with Gasteiger partial charge in [-0.05, 0) is 18.6 Å². The standard InChI is InChI=1S/C15H13N5O4S/c1-2-13-17-18-15(25-13)16-12(21)8-19-11-5-4-10(20(23)24)7-9(11)3-6-14(19)22/h3-7H,2,8H2,1H3,(H,16,18,21). The molecule has 2 aromatic heterocycles. The first kappa shape index (κ1) is 16.7. The molecule has 0 aliphatic heterocycles. The molecular formula is C15H13N5O4S. The summed E-state index contributed by atoms with van der Waals surface area (Å²) in [4.78, 5) is 34.7. The van der Waals surface area contributed by atoms with Gasteiger partial charge in [-0.15, -0.1) is 10.2 Å². The lowest BCUT2D eigenvalue weighted by molar-refractivity contribution is -0.384. The topological polar surface area (TPSA) is 120 Å². The van der Waals surface area contributed by atoms with Gasteiger partial charge in [-0.2, -0.15) is 0 Å². The fourth-order valence-electron chi connectivity index (χ4n) is 2.32. The number of aromatic nitrogens is 3. The summed E-state index contributed by atoms with van der Waals surface area (Å²) in [5.74, 6) is -0.424. The Bertz CT molecular complexity index is 1030. The minimum Gasteiger partial charge on any atom is -0.299 e. The van der Waals surface area contributed by atoms with E-state index in [9.17, 15) is 19.7 Å². The number of nitrogens with one attached hydrogen (secondary N) is 1. The lowest BCUT2D eigenvalue weighted by Crippen LogP contribution is -2.27. The van der Waals surface area contributed by atoms with Crippen LogP contribution in [0.25, 0.3) is 10.9 Å². The molecule has 0 fully saturated rings. The molecule has 0 aliphatic rings. The van der Waals surface area contributed by atoms with Crippen LogP contribution in [0.2, 0.25) is 0 Å². The van der Waals surface area contributed by atoms with Crippen molar-refractivity contribution in [2.75, 3.05) is 5.32 Å². The molecule has 0 unspecified atom stereocenters. The molecule has 0 saturated heterocycles. The minimum atomic E-state index is -0.512. The summed E-state index contributed by atoms with van der Waals surface area (Å²) >= 11 is 1.27. The molecule has 2 heterocycles. The number of benzene rings is 1. The van der Waals surface area contributed by atoms with Crippen molar-refractivity contribution in [1.29, 1.82) is 0 Å². The number of pyridine rings is 1. The molecule has 128 valence electrons. The zero-order valence-electron chi connectivity index (χ0n) is 13.1. The van der Waals surface area contributed by atoms with E-state index in [4.69, 9.17) is 0 Å². The van der Waals surface area contributed by atoms with E-state index in [-0.39, 0.29) is 17.8 Å². The molecular weight excluding hydrogens is 346 g/mol. The maximum absolute atomic E-state index is 12.2. The van der Waals surface area contributed by atoms with E-state index in [0.29, 0.717) is 16.0 Å². The minimum absolute atomic E-state index is 0.0805. The highest BCUT2D eigenvalue weighted by atomic mass is 32.1. The number of rotatable bonds is 5. The second kappa shape index (κ2) is 6.77. The summed E-state index contributed by atoms with van der Waals surface area (Å²) in [5.41, 5.74) is -0.00844. The molecule has 3 aromatic rings. The van der Waals surface area contributed by atoms with Crippen LogP contribution in [-0.2, 0) is 17.8 Å². The van der Waals surface area contributed by atoms with E-state index < -0.39 is 10.8 Å². The van der Waals surface area contributed by atoms with Gasteiger partial charge in [0.15, 0.2) is 0 Å². The van der Waals surface area contributed by atoms with E-state index in [0.717, 1.165) is 11.4 Å². The predicted octanol–water partition coefficient (Wildman–Crippen LogP) is 1.96. The highest BCUT2D eigenvalue weighted by Crippen LogP contribution is 2.20. The van der Waals surface area contributed by atoms with Gasteiger partial charge in [0.25, 0.3) is 11.2 Å². The number of non-ortho nitro benzene ring substituents is 1. The van der Waals surface area contributed by atoms with Crippen LogP contribution in [0.3, 0.4) is 0 Å². The maximum atomic E-state index is 12.2. The first-order valence-corrected chi connectivity index (χ1v) is 8.20. The largest absolute Gasteiger partial charge is 0.299 e. The third kappa shape index (κ3) is 3.53. The van der Waals surface area contributed by atoms with Crippen molar-refractivity contribution in [3.63, 3.8) is 0 Å². The van der Waals surface area contributed by atoms with Crippen LogP contribution < -0.4 is 10.9 Å². The van der Waals surface area contributed by atoms with Crippen molar-refractivity contribution in [3.05, 3.63) is 55.8 Å². The average Bonchev–Trinajstić information content (AvgIpc) is 3.04. The fourth-order valence-corrected chi connectivity index (χ4v) is 3.01. The van der Waals surface area contributed by atoms with E-state index >= 15 is 0 Å². The summed E-state index contributed by atoms with van der Waals surface area (Å²) in [7, 11) is 0. The Kier molecular flexibility index (Phi) is 4.52. The average molecular weight is 359 g/mol. The van der Waals surface area contributed by atoms with Gasteiger partial charge in [-0.25, -0.2) is 0 Å². The van der Waals surface area contributed by atoms with Crippen molar-refractivity contribution in [2.45, 2.75) is 19.9 Å². The Hall–Kier alpha value is -3.14. The van der Waals surface area contributed by atoms with Gasteiger partial charge in [-0.3, -0.25) is 29.6 Å². The number of aryl methyl sites for hydroxylation is 1. The molecule has 1 aromatic carbocycles. The van der Waals surface area contributed by atoms with Gasteiger partial charge in [-0.1, -0.05) is 18.3 Å². The lowest BCUT2D eigenvalue weighted by Gasteiger charge is -2.09. The Labute approximate surface area is 145 Å². The van der Waals surface area contributed by atoms with Gasteiger partial charge in [0.2, 0.25) is 11.0 Å². The molecule has 0 spiro atoms. The molecule has 25 heavy (non-hydrogen) atoms. The normalized spacial score (nSPS) is 10.8. The van der Waals surface area contributed by atoms with Crippen molar-refractivity contribution in [2.24, 2.45) is 0 Å². The highest BCUT2D eigenvalue weighted by molar-refractivity contribution is 7.15. The fraction of sp³-hybridized carbons (Fsp3) is 0.200. The molecule has 0 radical (unpaired) electrons. The van der Waals surface area contributed by atoms with Gasteiger partial charge >= 0.3 is 0 Å². The van der Waals surface area contributed by atoms with Crippen LogP contribution in [-0.4, -0.2) is 25.6 Å². The van der Waals surface area contributed by atoms with E-state index in [1.165, 1.54) is 46.2 Å². The lowest BCUT2D eigenvalue weighted by atomic mass is 10.2. The van der Waals surface area contributed by atoms with Crippen molar-refractivity contribution in [1.82, 2.24) is 14.8 Å². The van der Waals surface area contributed by atoms with Crippen molar-refractivity contribution < 1.29 is 9.72 Å². The molecule has 3 rings (SSSR count). The molecule has 10 heteroatoms. The SMILES string of the molecule is CCc1nnc(NC(=O)Cn2c(=O)ccc3cc([N+](=O)[O-])ccc32)s1. The number of nitro groups is 1. The first-order chi connectivity index (χ1) is 12.0. The number of hydrogen-bond donors (Lipinski definition) is 1. The predicted molar refractivity (Wildman–Crippen MR) is 92.8 cm³/mol. The summed E-state index contributed by atoms with van der Waals surface area (Å²) in [6.07, 6.45) is 0.717. The monoisotopic (exact) mass is 359 g/mol. The van der Waals surface area contributed by atoms with Gasteiger partial charge in [0.05, 0.1) is 10.4 Å². The van der Waals surface area contributed by atoms with E-state index in [1.807, 2.05) is 6.92 Å². The van der Waals surface area contributed by atoms with Crippen LogP contribution in [0, 0.1) is 10.1 Å². The number of carbonyl (C=O) groups is 1. The smallest absolute Gasteiger partial charge is 0.270 e. The van der Waals surface area contributed by atoms with E-state index in [1.54, 1.807) is 0 Å². The van der Waals surface area contributed by atoms with E-state index in [2.05, 4.69) is 15.5 Å². The quantitative estimate of drug-likeness (QED) is 0.549. The Balaban J connectivity index is 1.89. The molecule has 1 N–H and O–H groups in total. The van der Waals surface area contributed by atoms with Crippen molar-refractivity contribution in [3.8, 4) is 0 Å². The second-order valence-corrected chi connectivity index (χ2v) is 6.22. The number of amides is 1. The Morgan fingerprint density at radius 3 is 2.80 bits per heavy atom.